The van der Waals surface area contributed by atoms with Crippen LogP contribution in [0.1, 0.15) is 68.2 Å². The van der Waals surface area contributed by atoms with Gasteiger partial charge < -0.3 is 14.9 Å². The molecule has 0 saturated carbocycles. The first-order chi connectivity index (χ1) is 20.9. The molecule has 0 amide bonds. The smallest absolute Gasteiger partial charge is 0.335 e. The lowest BCUT2D eigenvalue weighted by atomic mass is 9.78. The molecule has 3 unspecified atom stereocenters. The number of fused-ring (bicyclic) bond motifs is 1. The lowest BCUT2D eigenvalue weighted by Gasteiger charge is -2.26. The molecule has 43 heavy (non-hydrogen) atoms. The van der Waals surface area contributed by atoms with E-state index in [4.69, 9.17) is 9.84 Å². The van der Waals surface area contributed by atoms with Gasteiger partial charge in [0.1, 0.15) is 0 Å². The van der Waals surface area contributed by atoms with Crippen molar-refractivity contribution < 1.29 is 19.7 Å². The van der Waals surface area contributed by atoms with Crippen LogP contribution < -0.4 is 0 Å². The number of carbonyl (C=O) groups is 1. The van der Waals surface area contributed by atoms with Crippen LogP contribution in [0.25, 0.3) is 16.7 Å². The first kappa shape index (κ1) is 32.4. The average molecular weight is 581 g/mol. The van der Waals surface area contributed by atoms with Crippen molar-refractivity contribution in [2.45, 2.75) is 65.7 Å². The summed E-state index contributed by atoms with van der Waals surface area (Å²) in [6, 6.07) is 13.4. The monoisotopic (exact) mass is 580 g/mol. The van der Waals surface area contributed by atoms with Gasteiger partial charge in [0.05, 0.1) is 18.8 Å². The third-order valence-electron chi connectivity index (χ3n) is 8.75. The van der Waals surface area contributed by atoms with E-state index < -0.39 is 12.6 Å². The third kappa shape index (κ3) is 8.55. The summed E-state index contributed by atoms with van der Waals surface area (Å²) in [5.41, 5.74) is 10.3. The molecule has 2 aromatic carbocycles. The maximum atomic E-state index is 11.8. The van der Waals surface area contributed by atoms with Crippen molar-refractivity contribution in [3.8, 4) is 11.1 Å². The van der Waals surface area contributed by atoms with Crippen LogP contribution >= 0.6 is 0 Å². The van der Waals surface area contributed by atoms with Crippen molar-refractivity contribution in [3.05, 3.63) is 113 Å². The molecule has 0 aliphatic heterocycles. The van der Waals surface area contributed by atoms with Gasteiger partial charge in [-0.2, -0.15) is 0 Å². The summed E-state index contributed by atoms with van der Waals surface area (Å²) >= 11 is 0. The molecule has 4 rings (SSSR count). The Labute approximate surface area is 258 Å². The van der Waals surface area contributed by atoms with Gasteiger partial charge in [-0.1, -0.05) is 112 Å². The quantitative estimate of drug-likeness (QED) is 0.127. The first-order valence-corrected chi connectivity index (χ1v) is 16.0. The maximum absolute atomic E-state index is 11.8. The fourth-order valence-electron chi connectivity index (χ4n) is 6.03. The van der Waals surface area contributed by atoms with Crippen molar-refractivity contribution in [2.24, 2.45) is 17.8 Å². The minimum atomic E-state index is -0.617. The minimum Gasteiger partial charge on any atom is -0.462 e. The van der Waals surface area contributed by atoms with Gasteiger partial charge in [-0.3, -0.25) is 0 Å². The van der Waals surface area contributed by atoms with E-state index in [1.165, 1.54) is 70.2 Å². The second kappa shape index (κ2) is 15.8. The number of aliphatic hydroxyl groups is 2. The Balaban J connectivity index is 1.41. The Morgan fingerprint density at radius 1 is 0.953 bits per heavy atom. The Hall–Kier alpha value is -3.47. The molecule has 3 atom stereocenters. The summed E-state index contributed by atoms with van der Waals surface area (Å²) in [5.74, 6) is 0.103. The second-order valence-corrected chi connectivity index (χ2v) is 12.0. The minimum absolute atomic E-state index is 0.0214. The zero-order chi connectivity index (χ0) is 30.8. The molecule has 4 nitrogen and oxygen atoms in total. The Bertz CT molecular complexity index is 1410. The molecule has 0 bridgehead atoms. The highest BCUT2D eigenvalue weighted by atomic mass is 16.5. The number of aryl methyl sites for hydroxylation is 3. The van der Waals surface area contributed by atoms with Gasteiger partial charge >= 0.3 is 5.97 Å². The zero-order valence-corrected chi connectivity index (χ0v) is 26.1. The van der Waals surface area contributed by atoms with E-state index in [0.29, 0.717) is 18.3 Å². The number of benzene rings is 2. The standard InChI is InChI=1S/C39H48O4/c1-5-7-8-9-29-12-14-34-23-36(16-15-33(34)21-29)38-19-17-35(22-32(38)6-2)37-18-13-30(20-27(37)3)10-11-31(25-41)26-43-39(42)28(4)24-40/h12-23,31,33-34,40-41H,4-11,24-26H2,1-3H3. The molecule has 0 spiro atoms. The van der Waals surface area contributed by atoms with Gasteiger partial charge in [0.25, 0.3) is 0 Å². The molecule has 4 heteroatoms. The highest BCUT2D eigenvalue weighted by Gasteiger charge is 2.22. The summed E-state index contributed by atoms with van der Waals surface area (Å²) in [6.07, 6.45) is 21.8. The van der Waals surface area contributed by atoms with Crippen molar-refractivity contribution in [1.82, 2.24) is 0 Å². The van der Waals surface area contributed by atoms with Crippen molar-refractivity contribution in [3.63, 3.8) is 0 Å². The van der Waals surface area contributed by atoms with E-state index in [1.54, 1.807) is 0 Å². The van der Waals surface area contributed by atoms with Crippen LogP contribution in [0.5, 0.6) is 0 Å². The topological polar surface area (TPSA) is 66.8 Å². The normalized spacial score (nSPS) is 18.1. The van der Waals surface area contributed by atoms with E-state index in [9.17, 15) is 9.90 Å². The third-order valence-corrected chi connectivity index (χ3v) is 8.75. The van der Waals surface area contributed by atoms with Crippen LogP contribution in [0.2, 0.25) is 0 Å². The Morgan fingerprint density at radius 3 is 2.44 bits per heavy atom. The summed E-state index contributed by atoms with van der Waals surface area (Å²) in [5, 5.41) is 18.8. The Morgan fingerprint density at radius 2 is 1.72 bits per heavy atom. The Kier molecular flexibility index (Phi) is 12.0. The van der Waals surface area contributed by atoms with Crippen molar-refractivity contribution >= 4 is 11.5 Å². The molecule has 0 aromatic heterocycles. The molecule has 0 fully saturated rings. The van der Waals surface area contributed by atoms with Crippen LogP contribution in [-0.2, 0) is 22.4 Å². The first-order valence-electron chi connectivity index (χ1n) is 16.0. The van der Waals surface area contributed by atoms with Gasteiger partial charge in [0, 0.05) is 24.4 Å². The fraction of sp³-hybridized carbons (Fsp3) is 0.410. The zero-order valence-electron chi connectivity index (χ0n) is 26.1. The number of hydrogen-bond acceptors (Lipinski definition) is 4. The largest absolute Gasteiger partial charge is 0.462 e. The lowest BCUT2D eigenvalue weighted by Crippen LogP contribution is -2.19. The number of hydrogen-bond donors (Lipinski definition) is 2. The number of allylic oxidation sites excluding steroid dienone is 8. The molecular weight excluding hydrogens is 532 g/mol. The summed E-state index contributed by atoms with van der Waals surface area (Å²) < 4.78 is 5.19. The van der Waals surface area contributed by atoms with E-state index in [0.717, 1.165) is 12.8 Å². The number of unbranched alkanes of at least 4 members (excludes halogenated alkanes) is 2. The summed E-state index contributed by atoms with van der Waals surface area (Å²) in [6.45, 7) is 9.73. The molecule has 0 saturated heterocycles. The van der Waals surface area contributed by atoms with E-state index >= 15 is 0 Å². The number of rotatable bonds is 15. The summed E-state index contributed by atoms with van der Waals surface area (Å²) in [4.78, 5) is 11.8. The number of aliphatic hydroxyl groups excluding tert-OH is 2. The maximum Gasteiger partial charge on any atom is 0.335 e. The van der Waals surface area contributed by atoms with Gasteiger partial charge in [-0.25, -0.2) is 4.79 Å². The second-order valence-electron chi connectivity index (χ2n) is 12.0. The van der Waals surface area contributed by atoms with Crippen LogP contribution in [0.3, 0.4) is 0 Å². The van der Waals surface area contributed by atoms with Crippen molar-refractivity contribution in [2.75, 3.05) is 19.8 Å². The van der Waals surface area contributed by atoms with Gasteiger partial charge in [-0.05, 0) is 78.0 Å². The predicted molar refractivity (Wildman–Crippen MR) is 178 cm³/mol. The SMILES string of the molecule is C=C(CO)C(=O)OCC(CO)CCc1ccc(-c2ccc(C3=CC4C=CC(CCCCC)=CC4C=C3)c(CC)c2)c(C)c1. The van der Waals surface area contributed by atoms with Gasteiger partial charge in [-0.15, -0.1) is 0 Å². The fourth-order valence-corrected chi connectivity index (χ4v) is 6.03. The van der Waals surface area contributed by atoms with Crippen LogP contribution in [0, 0.1) is 24.7 Å². The average Bonchev–Trinajstić information content (AvgIpc) is 3.03. The molecule has 228 valence electrons. The molecule has 0 radical (unpaired) electrons. The molecule has 2 aliphatic rings. The molecule has 0 heterocycles. The molecular formula is C39H48O4. The molecule has 2 aliphatic carbocycles. The van der Waals surface area contributed by atoms with Gasteiger partial charge in [0.15, 0.2) is 0 Å². The molecule has 2 aromatic rings. The highest BCUT2D eigenvalue weighted by molar-refractivity contribution is 5.87. The number of esters is 1. The molecule has 2 N–H and O–H groups in total. The highest BCUT2D eigenvalue weighted by Crippen LogP contribution is 2.37. The number of ether oxygens (including phenoxy) is 1. The predicted octanol–water partition coefficient (Wildman–Crippen LogP) is 8.12. The van der Waals surface area contributed by atoms with Crippen molar-refractivity contribution in [1.29, 1.82) is 0 Å². The van der Waals surface area contributed by atoms with E-state index in [1.807, 2.05) is 0 Å². The van der Waals surface area contributed by atoms with E-state index in [-0.39, 0.29) is 24.7 Å². The van der Waals surface area contributed by atoms with Crippen LogP contribution in [0.15, 0.2) is 90.6 Å². The van der Waals surface area contributed by atoms with E-state index in [2.05, 4.69) is 100 Å². The van der Waals surface area contributed by atoms with Gasteiger partial charge in [0.2, 0.25) is 0 Å². The van der Waals surface area contributed by atoms with Crippen LogP contribution in [0.4, 0.5) is 0 Å². The summed E-state index contributed by atoms with van der Waals surface area (Å²) in [7, 11) is 0. The lowest BCUT2D eigenvalue weighted by molar-refractivity contribution is -0.141. The van der Waals surface area contributed by atoms with Crippen LogP contribution in [-0.4, -0.2) is 36.0 Å². The number of carbonyl (C=O) groups excluding carboxylic acids is 1.